The first kappa shape index (κ1) is 9.45. The van der Waals surface area contributed by atoms with Crippen molar-refractivity contribution in [3.63, 3.8) is 0 Å². The molecule has 4 nitrogen and oxygen atoms in total. The van der Waals surface area contributed by atoms with Gasteiger partial charge in [-0.15, -0.1) is 0 Å². The molecule has 0 saturated carbocycles. The van der Waals surface area contributed by atoms with E-state index < -0.39 is 16.6 Å². The second-order valence-corrected chi connectivity index (χ2v) is 2.87. The number of hydrogen-bond acceptors (Lipinski definition) is 3. The van der Waals surface area contributed by atoms with Crippen molar-refractivity contribution in [1.29, 1.82) is 0 Å². The van der Waals surface area contributed by atoms with E-state index in [4.69, 9.17) is 0 Å². The molecule has 0 atom stereocenters. The lowest BCUT2D eigenvalue weighted by atomic mass is 10.2. The maximum atomic E-state index is 13.2. The molecule has 0 radical (unpaired) electrons. The van der Waals surface area contributed by atoms with E-state index in [0.29, 0.717) is 0 Å². The highest BCUT2D eigenvalue weighted by Gasteiger charge is 2.16. The lowest BCUT2D eigenvalue weighted by Gasteiger charge is -1.99. The van der Waals surface area contributed by atoms with Crippen LogP contribution in [0.15, 0.2) is 24.4 Å². The van der Waals surface area contributed by atoms with Gasteiger partial charge < -0.3 is 0 Å². The average molecular weight is 210 g/mol. The van der Waals surface area contributed by atoms with Crippen molar-refractivity contribution in [2.24, 2.45) is 0 Å². The maximum absolute atomic E-state index is 13.2. The van der Waals surface area contributed by atoms with Gasteiger partial charge >= 0.3 is 0 Å². The summed E-state index contributed by atoms with van der Waals surface area (Å²) in [5, 5.41) is 10.4. The summed E-state index contributed by atoms with van der Waals surface area (Å²) in [6, 6.07) is 2.80. The van der Waals surface area contributed by atoms with Crippen LogP contribution in [0.5, 0.6) is 0 Å². The minimum atomic E-state index is -0.734. The van der Waals surface area contributed by atoms with E-state index in [1.807, 2.05) is 0 Å². The Morgan fingerprint density at radius 3 is 2.73 bits per heavy atom. The van der Waals surface area contributed by atoms with Gasteiger partial charge in [0.2, 0.25) is 0 Å². The molecule has 0 bridgehead atoms. The molecular formula is C9H4F2N2O2. The van der Waals surface area contributed by atoms with Gasteiger partial charge in [-0.25, -0.2) is 13.8 Å². The van der Waals surface area contributed by atoms with Crippen LogP contribution in [0.4, 0.5) is 14.5 Å². The maximum Gasteiger partial charge on any atom is 0.295 e. The summed E-state index contributed by atoms with van der Waals surface area (Å²) >= 11 is 0. The third-order valence-corrected chi connectivity index (χ3v) is 1.94. The summed E-state index contributed by atoms with van der Waals surface area (Å²) in [5.74, 6) is -1.47. The predicted octanol–water partition coefficient (Wildman–Crippen LogP) is 2.42. The highest BCUT2D eigenvalue weighted by Crippen LogP contribution is 2.25. The largest absolute Gasteiger partial charge is 0.295 e. The van der Waals surface area contributed by atoms with Gasteiger partial charge in [0.1, 0.15) is 11.6 Å². The average Bonchev–Trinajstić information content (AvgIpc) is 2.19. The predicted molar refractivity (Wildman–Crippen MR) is 48.3 cm³/mol. The number of nitro groups is 1. The lowest BCUT2D eigenvalue weighted by Crippen LogP contribution is -1.94. The van der Waals surface area contributed by atoms with Gasteiger partial charge in [0.15, 0.2) is 5.52 Å². The molecule has 0 N–H and O–H groups in total. The molecule has 1 heterocycles. The molecule has 15 heavy (non-hydrogen) atoms. The number of pyridine rings is 1. The number of benzene rings is 1. The van der Waals surface area contributed by atoms with E-state index in [2.05, 4.69) is 4.98 Å². The van der Waals surface area contributed by atoms with Gasteiger partial charge in [0.25, 0.3) is 5.69 Å². The van der Waals surface area contributed by atoms with Gasteiger partial charge in [-0.05, 0) is 12.1 Å². The van der Waals surface area contributed by atoms with E-state index in [1.165, 1.54) is 0 Å². The van der Waals surface area contributed by atoms with Crippen molar-refractivity contribution < 1.29 is 13.7 Å². The Labute approximate surface area is 82.3 Å². The van der Waals surface area contributed by atoms with Crippen LogP contribution < -0.4 is 0 Å². The number of nitro benzene ring substituents is 1. The Kier molecular flexibility index (Phi) is 2.03. The second-order valence-electron chi connectivity index (χ2n) is 2.87. The van der Waals surface area contributed by atoms with Gasteiger partial charge in [-0.3, -0.25) is 10.1 Å². The number of non-ortho nitro benzene ring substituents is 1. The molecule has 0 amide bonds. The van der Waals surface area contributed by atoms with E-state index in [9.17, 15) is 18.9 Å². The minimum absolute atomic E-state index is 0.151. The Morgan fingerprint density at radius 1 is 1.33 bits per heavy atom. The van der Waals surface area contributed by atoms with E-state index in [1.54, 1.807) is 0 Å². The number of hydrogen-bond donors (Lipinski definition) is 0. The fourth-order valence-electron chi connectivity index (χ4n) is 1.29. The zero-order valence-corrected chi connectivity index (χ0v) is 7.28. The van der Waals surface area contributed by atoms with Crippen molar-refractivity contribution >= 4 is 16.6 Å². The third kappa shape index (κ3) is 1.50. The number of rotatable bonds is 1. The molecule has 0 fully saturated rings. The number of fused-ring (bicyclic) bond motifs is 1. The molecule has 1 aromatic carbocycles. The summed E-state index contributed by atoms with van der Waals surface area (Å²) in [6.07, 6.45) is 0.814. The summed E-state index contributed by atoms with van der Waals surface area (Å²) in [5.41, 5.74) is -0.493. The fraction of sp³-hybridized carbons (Fsp3) is 0. The van der Waals surface area contributed by atoms with Gasteiger partial charge in [0, 0.05) is 11.5 Å². The van der Waals surface area contributed by atoms with Crippen LogP contribution in [0.3, 0.4) is 0 Å². The smallest absolute Gasteiger partial charge is 0.258 e. The Bertz CT molecular complexity index is 557. The first-order valence-corrected chi connectivity index (χ1v) is 3.98. The molecule has 2 aromatic rings. The Morgan fingerprint density at radius 2 is 2.07 bits per heavy atom. The van der Waals surface area contributed by atoms with E-state index >= 15 is 0 Å². The molecule has 0 spiro atoms. The molecule has 0 saturated heterocycles. The standard InChI is InChI=1S/C9H4F2N2O2/c10-5-3-6-7(11)1-2-8(13(14)15)9(6)12-4-5/h1-4H. The van der Waals surface area contributed by atoms with E-state index in [-0.39, 0.29) is 16.6 Å². The van der Waals surface area contributed by atoms with Crippen LogP contribution in [0.25, 0.3) is 10.9 Å². The summed E-state index contributed by atoms with van der Waals surface area (Å²) in [7, 11) is 0. The van der Waals surface area contributed by atoms with Crippen LogP contribution in [0.2, 0.25) is 0 Å². The first-order valence-electron chi connectivity index (χ1n) is 3.98. The molecule has 6 heteroatoms. The third-order valence-electron chi connectivity index (χ3n) is 1.94. The van der Waals surface area contributed by atoms with Crippen LogP contribution in [-0.4, -0.2) is 9.91 Å². The van der Waals surface area contributed by atoms with Crippen molar-refractivity contribution in [2.45, 2.75) is 0 Å². The quantitative estimate of drug-likeness (QED) is 0.536. The molecule has 0 unspecified atom stereocenters. The zero-order valence-electron chi connectivity index (χ0n) is 7.28. The van der Waals surface area contributed by atoms with Gasteiger partial charge in [0.05, 0.1) is 11.1 Å². The van der Waals surface area contributed by atoms with Crippen molar-refractivity contribution in [3.8, 4) is 0 Å². The molecule has 0 aliphatic carbocycles. The SMILES string of the molecule is O=[N+]([O-])c1ccc(F)c2cc(F)cnc12. The van der Waals surface area contributed by atoms with Crippen LogP contribution in [0.1, 0.15) is 0 Å². The van der Waals surface area contributed by atoms with Crippen LogP contribution in [0, 0.1) is 21.7 Å². The zero-order chi connectivity index (χ0) is 11.0. The molecule has 0 aliphatic rings. The highest BCUT2D eigenvalue weighted by atomic mass is 19.1. The number of halogens is 2. The van der Waals surface area contributed by atoms with Crippen LogP contribution in [-0.2, 0) is 0 Å². The van der Waals surface area contributed by atoms with Crippen LogP contribution >= 0.6 is 0 Å². The summed E-state index contributed by atoms with van der Waals surface area (Å²) in [6.45, 7) is 0. The Balaban J connectivity index is 2.88. The monoisotopic (exact) mass is 210 g/mol. The molecule has 76 valence electrons. The van der Waals surface area contributed by atoms with Gasteiger partial charge in [-0.2, -0.15) is 0 Å². The van der Waals surface area contributed by atoms with Crippen molar-refractivity contribution in [1.82, 2.24) is 4.98 Å². The molecule has 1 aromatic heterocycles. The highest BCUT2D eigenvalue weighted by molar-refractivity contribution is 5.87. The second kappa shape index (κ2) is 3.23. The number of aromatic nitrogens is 1. The van der Waals surface area contributed by atoms with Gasteiger partial charge in [-0.1, -0.05) is 0 Å². The van der Waals surface area contributed by atoms with Crippen molar-refractivity contribution in [2.75, 3.05) is 0 Å². The normalized spacial score (nSPS) is 10.5. The number of nitrogens with zero attached hydrogens (tertiary/aromatic N) is 2. The lowest BCUT2D eigenvalue weighted by molar-refractivity contribution is -0.383. The fourth-order valence-corrected chi connectivity index (χ4v) is 1.29. The minimum Gasteiger partial charge on any atom is -0.258 e. The molecular weight excluding hydrogens is 206 g/mol. The summed E-state index contributed by atoms with van der Waals surface area (Å²) < 4.78 is 25.9. The van der Waals surface area contributed by atoms with E-state index in [0.717, 1.165) is 24.4 Å². The first-order chi connectivity index (χ1) is 7.09. The molecule has 0 aliphatic heterocycles. The van der Waals surface area contributed by atoms with Crippen molar-refractivity contribution in [3.05, 3.63) is 46.1 Å². The topological polar surface area (TPSA) is 56.0 Å². The Hall–Kier alpha value is -2.11. The molecule has 2 rings (SSSR count). The summed E-state index contributed by atoms with van der Waals surface area (Å²) in [4.78, 5) is 13.4.